The van der Waals surface area contributed by atoms with E-state index in [0.717, 1.165) is 11.3 Å². The van der Waals surface area contributed by atoms with Gasteiger partial charge in [0.2, 0.25) is 0 Å². The van der Waals surface area contributed by atoms with E-state index >= 15 is 0 Å². The van der Waals surface area contributed by atoms with Crippen LogP contribution in [0.1, 0.15) is 16.2 Å². The van der Waals surface area contributed by atoms with Crippen LogP contribution in [-0.2, 0) is 0 Å². The number of aromatic nitrogens is 4. The van der Waals surface area contributed by atoms with E-state index < -0.39 is 5.91 Å². The minimum absolute atomic E-state index is 0.233. The van der Waals surface area contributed by atoms with E-state index in [0.29, 0.717) is 17.5 Å². The van der Waals surface area contributed by atoms with Crippen LogP contribution in [0.15, 0.2) is 48.9 Å². The molecule has 0 radical (unpaired) electrons. The Bertz CT molecular complexity index is 850. The first kappa shape index (κ1) is 14.6. The summed E-state index contributed by atoms with van der Waals surface area (Å²) in [4.78, 5) is 28.2. The Morgan fingerprint density at radius 1 is 1.13 bits per heavy atom. The van der Waals surface area contributed by atoms with Crippen molar-refractivity contribution in [1.29, 1.82) is 0 Å². The van der Waals surface area contributed by atoms with Crippen molar-refractivity contribution in [3.8, 4) is 11.4 Å². The third-order valence-electron chi connectivity index (χ3n) is 3.12. The number of primary amides is 1. The van der Waals surface area contributed by atoms with Crippen molar-refractivity contribution in [3.63, 3.8) is 0 Å². The summed E-state index contributed by atoms with van der Waals surface area (Å²) in [7, 11) is 0. The highest BCUT2D eigenvalue weighted by atomic mass is 16.1. The van der Waals surface area contributed by atoms with Gasteiger partial charge < -0.3 is 11.1 Å². The van der Waals surface area contributed by atoms with Crippen LogP contribution in [0.3, 0.4) is 0 Å². The van der Waals surface area contributed by atoms with Crippen LogP contribution in [0, 0.1) is 6.92 Å². The van der Waals surface area contributed by atoms with Crippen molar-refractivity contribution in [2.75, 3.05) is 5.32 Å². The van der Waals surface area contributed by atoms with E-state index in [9.17, 15) is 4.79 Å². The van der Waals surface area contributed by atoms with Crippen molar-refractivity contribution < 1.29 is 4.79 Å². The van der Waals surface area contributed by atoms with Crippen LogP contribution in [0.25, 0.3) is 11.4 Å². The van der Waals surface area contributed by atoms with Crippen molar-refractivity contribution in [2.45, 2.75) is 6.92 Å². The van der Waals surface area contributed by atoms with Gasteiger partial charge in [-0.3, -0.25) is 4.79 Å². The Hall–Kier alpha value is -3.35. The predicted octanol–water partition coefficient (Wildman–Crippen LogP) is 2.08. The number of benzene rings is 1. The van der Waals surface area contributed by atoms with Crippen molar-refractivity contribution in [2.24, 2.45) is 5.73 Å². The van der Waals surface area contributed by atoms with E-state index in [1.165, 1.54) is 6.20 Å². The first-order chi connectivity index (χ1) is 11.1. The predicted molar refractivity (Wildman–Crippen MR) is 86.0 cm³/mol. The van der Waals surface area contributed by atoms with Gasteiger partial charge in [-0.15, -0.1) is 0 Å². The van der Waals surface area contributed by atoms with Crippen LogP contribution in [0.5, 0.6) is 0 Å². The molecular weight excluding hydrogens is 292 g/mol. The number of aryl methyl sites for hydroxylation is 1. The van der Waals surface area contributed by atoms with Crippen molar-refractivity contribution in [1.82, 2.24) is 19.9 Å². The molecular formula is C16H14N6O. The lowest BCUT2D eigenvalue weighted by Gasteiger charge is -2.10. The molecule has 0 saturated carbocycles. The lowest BCUT2D eigenvalue weighted by Crippen LogP contribution is -2.15. The van der Waals surface area contributed by atoms with E-state index in [1.807, 2.05) is 24.3 Å². The van der Waals surface area contributed by atoms with Crippen molar-refractivity contribution >= 4 is 17.4 Å². The second-order valence-corrected chi connectivity index (χ2v) is 4.82. The molecule has 3 aromatic rings. The maximum Gasteiger partial charge on any atom is 0.254 e. The second-order valence-electron chi connectivity index (χ2n) is 4.82. The van der Waals surface area contributed by atoms with Crippen LogP contribution in [0.2, 0.25) is 0 Å². The molecule has 3 N–H and O–H groups in total. The Kier molecular flexibility index (Phi) is 3.92. The Labute approximate surface area is 132 Å². The third kappa shape index (κ3) is 3.29. The molecule has 2 heterocycles. The summed E-state index contributed by atoms with van der Waals surface area (Å²) in [5.41, 5.74) is 7.19. The van der Waals surface area contributed by atoms with Gasteiger partial charge in [-0.25, -0.2) is 19.9 Å². The molecule has 0 fully saturated rings. The zero-order valence-electron chi connectivity index (χ0n) is 12.4. The van der Waals surface area contributed by atoms with Gasteiger partial charge in [0, 0.05) is 29.8 Å². The summed E-state index contributed by atoms with van der Waals surface area (Å²) >= 11 is 0. The molecule has 0 aliphatic carbocycles. The number of nitrogens with zero attached hydrogens (tertiary/aromatic N) is 4. The maximum absolute atomic E-state index is 11.5. The first-order valence-electron chi connectivity index (χ1n) is 6.91. The van der Waals surface area contributed by atoms with E-state index in [-0.39, 0.29) is 5.56 Å². The normalized spacial score (nSPS) is 10.3. The van der Waals surface area contributed by atoms with Crippen LogP contribution >= 0.6 is 0 Å². The van der Waals surface area contributed by atoms with Gasteiger partial charge in [0.25, 0.3) is 5.91 Å². The quantitative estimate of drug-likeness (QED) is 0.764. The Morgan fingerprint density at radius 3 is 2.65 bits per heavy atom. The highest BCUT2D eigenvalue weighted by molar-refractivity contribution is 5.97. The molecule has 7 heteroatoms. The SMILES string of the molecule is Cc1ncc(C(N)=O)c(Nc2cccc(-c3ncccn3)c2)n1. The van der Waals surface area contributed by atoms with Crippen LogP contribution in [-0.4, -0.2) is 25.8 Å². The second kappa shape index (κ2) is 6.18. The fourth-order valence-electron chi connectivity index (χ4n) is 2.07. The average molecular weight is 306 g/mol. The van der Waals surface area contributed by atoms with Gasteiger partial charge >= 0.3 is 0 Å². The van der Waals surface area contributed by atoms with E-state index in [4.69, 9.17) is 5.73 Å². The number of nitrogens with one attached hydrogen (secondary N) is 1. The molecule has 0 aliphatic heterocycles. The highest BCUT2D eigenvalue weighted by Crippen LogP contribution is 2.23. The molecule has 0 saturated heterocycles. The van der Waals surface area contributed by atoms with Gasteiger partial charge in [-0.2, -0.15) is 0 Å². The van der Waals surface area contributed by atoms with Gasteiger partial charge in [0.05, 0.1) is 0 Å². The first-order valence-corrected chi connectivity index (χ1v) is 6.91. The summed E-state index contributed by atoms with van der Waals surface area (Å²) in [5.74, 6) is 0.941. The van der Waals surface area contributed by atoms with E-state index in [2.05, 4.69) is 25.3 Å². The van der Waals surface area contributed by atoms with Gasteiger partial charge in [-0.05, 0) is 25.1 Å². The summed E-state index contributed by atoms with van der Waals surface area (Å²) in [6.45, 7) is 1.74. The zero-order chi connectivity index (χ0) is 16.2. The highest BCUT2D eigenvalue weighted by Gasteiger charge is 2.11. The number of amides is 1. The molecule has 1 amide bonds. The molecule has 23 heavy (non-hydrogen) atoms. The topological polar surface area (TPSA) is 107 Å². The Balaban J connectivity index is 1.96. The molecule has 7 nitrogen and oxygen atoms in total. The number of carbonyl (C=O) groups is 1. The Morgan fingerprint density at radius 2 is 1.91 bits per heavy atom. The third-order valence-corrected chi connectivity index (χ3v) is 3.12. The minimum Gasteiger partial charge on any atom is -0.365 e. The smallest absolute Gasteiger partial charge is 0.254 e. The summed E-state index contributed by atoms with van der Waals surface area (Å²) in [6, 6.07) is 9.26. The minimum atomic E-state index is -0.588. The fourth-order valence-corrected chi connectivity index (χ4v) is 2.07. The molecule has 0 aliphatic rings. The number of rotatable bonds is 4. The number of hydrogen-bond acceptors (Lipinski definition) is 6. The standard InChI is InChI=1S/C16H14N6O/c1-10-20-9-13(14(17)23)16(21-10)22-12-5-2-4-11(8-12)15-18-6-3-7-19-15/h2-9H,1H3,(H2,17,23)(H,20,21,22). The van der Waals surface area contributed by atoms with Crippen LogP contribution in [0.4, 0.5) is 11.5 Å². The summed E-state index contributed by atoms with van der Waals surface area (Å²) in [5, 5.41) is 3.10. The molecule has 1 aromatic carbocycles. The molecule has 0 bridgehead atoms. The molecule has 0 spiro atoms. The van der Waals surface area contributed by atoms with Crippen LogP contribution < -0.4 is 11.1 Å². The fraction of sp³-hybridized carbons (Fsp3) is 0.0625. The maximum atomic E-state index is 11.5. The lowest BCUT2D eigenvalue weighted by atomic mass is 10.2. The van der Waals surface area contributed by atoms with Gasteiger partial charge in [-0.1, -0.05) is 12.1 Å². The number of hydrogen-bond donors (Lipinski definition) is 2. The van der Waals surface area contributed by atoms with E-state index in [1.54, 1.807) is 25.4 Å². The monoisotopic (exact) mass is 306 g/mol. The average Bonchev–Trinajstić information content (AvgIpc) is 2.56. The number of carbonyl (C=O) groups excluding carboxylic acids is 1. The molecule has 0 unspecified atom stereocenters. The van der Waals surface area contributed by atoms with Gasteiger partial charge in [0.15, 0.2) is 5.82 Å². The number of anilines is 2. The zero-order valence-corrected chi connectivity index (χ0v) is 12.4. The summed E-state index contributed by atoms with van der Waals surface area (Å²) in [6.07, 6.45) is 4.78. The lowest BCUT2D eigenvalue weighted by molar-refractivity contribution is 0.100. The molecule has 0 atom stereocenters. The van der Waals surface area contributed by atoms with Gasteiger partial charge in [0.1, 0.15) is 17.2 Å². The summed E-state index contributed by atoms with van der Waals surface area (Å²) < 4.78 is 0. The van der Waals surface area contributed by atoms with Crippen molar-refractivity contribution in [3.05, 3.63) is 60.3 Å². The molecule has 3 rings (SSSR count). The number of nitrogens with two attached hydrogens (primary N) is 1. The molecule has 2 aromatic heterocycles. The molecule has 114 valence electrons. The largest absolute Gasteiger partial charge is 0.365 e.